The third-order valence-electron chi connectivity index (χ3n) is 5.07. The number of amides is 2. The van der Waals surface area contributed by atoms with Crippen LogP contribution in [0.15, 0.2) is 29.2 Å². The van der Waals surface area contributed by atoms with Crippen molar-refractivity contribution in [2.24, 2.45) is 5.92 Å². The van der Waals surface area contributed by atoms with Crippen LogP contribution in [0, 0.1) is 5.92 Å². The molecule has 0 N–H and O–H groups in total. The number of rotatable bonds is 4. The lowest BCUT2D eigenvalue weighted by atomic mass is 9.94. The highest BCUT2D eigenvalue weighted by Gasteiger charge is 2.41. The quantitative estimate of drug-likeness (QED) is 0.813. The molecule has 25 heavy (non-hydrogen) atoms. The zero-order chi connectivity index (χ0) is 18.2. The second kappa shape index (κ2) is 6.78. The molecule has 1 aromatic carbocycles. The maximum absolute atomic E-state index is 12.9. The summed E-state index contributed by atoms with van der Waals surface area (Å²) in [5.74, 6) is -0.0894. The van der Waals surface area contributed by atoms with Crippen LogP contribution in [0.2, 0.25) is 0 Å². The van der Waals surface area contributed by atoms with E-state index in [0.29, 0.717) is 18.7 Å². The van der Waals surface area contributed by atoms with Crippen molar-refractivity contribution in [3.63, 3.8) is 0 Å². The first-order chi connectivity index (χ1) is 11.8. The summed E-state index contributed by atoms with van der Waals surface area (Å²) in [5.41, 5.74) is 0.461. The van der Waals surface area contributed by atoms with Crippen LogP contribution in [0.25, 0.3) is 0 Å². The molecule has 2 bridgehead atoms. The van der Waals surface area contributed by atoms with Gasteiger partial charge in [0.1, 0.15) is 0 Å². The van der Waals surface area contributed by atoms with Crippen molar-refractivity contribution in [2.75, 3.05) is 25.9 Å². The maximum Gasteiger partial charge on any atom is 0.253 e. The van der Waals surface area contributed by atoms with Crippen LogP contribution in [0.3, 0.4) is 0 Å². The number of sulfone groups is 1. The van der Waals surface area contributed by atoms with E-state index in [1.807, 2.05) is 4.90 Å². The standard InChI is InChI=1S/C18H24N2O4S/c1-3-10-20-15-7-4-14(18(20)22)11-19(12-15)17(21)13-5-8-16(9-6-13)25(2,23)24/h5-6,8-9,14-15H,3-4,7,10-12H2,1-2H3/t14-,15+/m1/s1. The highest BCUT2D eigenvalue weighted by Crippen LogP contribution is 2.30. The summed E-state index contributed by atoms with van der Waals surface area (Å²) in [6, 6.07) is 6.12. The minimum Gasteiger partial charge on any atom is -0.338 e. The lowest BCUT2D eigenvalue weighted by Crippen LogP contribution is -2.48. The summed E-state index contributed by atoms with van der Waals surface area (Å²) in [6.07, 6.45) is 3.83. The van der Waals surface area contributed by atoms with Crippen molar-refractivity contribution < 1.29 is 18.0 Å². The molecule has 1 aromatic rings. The molecule has 136 valence electrons. The number of carbonyl (C=O) groups is 2. The van der Waals surface area contributed by atoms with E-state index in [4.69, 9.17) is 0 Å². The summed E-state index contributed by atoms with van der Waals surface area (Å²) in [5, 5.41) is 0. The molecule has 0 radical (unpaired) electrons. The maximum atomic E-state index is 12.9. The number of hydrogen-bond acceptors (Lipinski definition) is 4. The van der Waals surface area contributed by atoms with Crippen molar-refractivity contribution in [3.05, 3.63) is 29.8 Å². The van der Waals surface area contributed by atoms with Gasteiger partial charge in [0.2, 0.25) is 5.91 Å². The zero-order valence-electron chi connectivity index (χ0n) is 14.6. The van der Waals surface area contributed by atoms with Gasteiger partial charge in [-0.05, 0) is 43.5 Å². The van der Waals surface area contributed by atoms with Crippen molar-refractivity contribution in [1.29, 1.82) is 0 Å². The molecular formula is C18H24N2O4S. The number of benzene rings is 1. The molecule has 3 fully saturated rings. The Morgan fingerprint density at radius 3 is 2.44 bits per heavy atom. The first-order valence-electron chi connectivity index (χ1n) is 8.71. The van der Waals surface area contributed by atoms with Crippen molar-refractivity contribution in [2.45, 2.75) is 37.1 Å². The fourth-order valence-electron chi connectivity index (χ4n) is 3.77. The monoisotopic (exact) mass is 364 g/mol. The molecule has 6 nitrogen and oxygen atoms in total. The van der Waals surface area contributed by atoms with Gasteiger partial charge in [0.05, 0.1) is 10.8 Å². The first-order valence-corrected chi connectivity index (χ1v) is 10.6. The second-order valence-electron chi connectivity index (χ2n) is 6.97. The Hall–Kier alpha value is -1.89. The van der Waals surface area contributed by atoms with Gasteiger partial charge in [-0.3, -0.25) is 9.59 Å². The molecule has 0 saturated carbocycles. The predicted octanol–water partition coefficient (Wildman–Crippen LogP) is 1.56. The summed E-state index contributed by atoms with van der Waals surface area (Å²) in [7, 11) is -3.28. The molecule has 7 heteroatoms. The topological polar surface area (TPSA) is 74.8 Å². The van der Waals surface area contributed by atoms with E-state index in [1.165, 1.54) is 12.1 Å². The number of carbonyl (C=O) groups excluding carboxylic acids is 2. The minimum atomic E-state index is -3.28. The van der Waals surface area contributed by atoms with Gasteiger partial charge >= 0.3 is 0 Å². The Balaban J connectivity index is 1.80. The Labute approximate surface area is 148 Å². The Morgan fingerprint density at radius 1 is 1.16 bits per heavy atom. The van der Waals surface area contributed by atoms with Gasteiger partial charge in [0.25, 0.3) is 5.91 Å². The van der Waals surface area contributed by atoms with Crippen LogP contribution in [0.4, 0.5) is 0 Å². The normalized spacial score (nSPS) is 23.7. The van der Waals surface area contributed by atoms with E-state index in [9.17, 15) is 18.0 Å². The van der Waals surface area contributed by atoms with Crippen LogP contribution < -0.4 is 0 Å². The smallest absolute Gasteiger partial charge is 0.253 e. The van der Waals surface area contributed by atoms with Crippen LogP contribution in [-0.4, -0.2) is 62.0 Å². The predicted molar refractivity (Wildman–Crippen MR) is 94.0 cm³/mol. The Morgan fingerprint density at radius 2 is 1.84 bits per heavy atom. The molecule has 3 heterocycles. The highest BCUT2D eigenvalue weighted by molar-refractivity contribution is 7.90. The number of piperidine rings is 1. The lowest BCUT2D eigenvalue weighted by Gasteiger charge is -2.35. The van der Waals surface area contributed by atoms with Gasteiger partial charge in [-0.15, -0.1) is 0 Å². The number of fused-ring (bicyclic) bond motifs is 4. The fourth-order valence-corrected chi connectivity index (χ4v) is 4.40. The third-order valence-corrected chi connectivity index (χ3v) is 6.20. The molecule has 2 amide bonds. The zero-order valence-corrected chi connectivity index (χ0v) is 15.5. The van der Waals surface area contributed by atoms with Gasteiger partial charge in [-0.2, -0.15) is 0 Å². The number of nitrogens with zero attached hydrogens (tertiary/aromatic N) is 2. The molecule has 2 atom stereocenters. The van der Waals surface area contributed by atoms with Crippen LogP contribution in [0.5, 0.6) is 0 Å². The molecule has 3 aliphatic heterocycles. The van der Waals surface area contributed by atoms with Gasteiger partial charge in [0.15, 0.2) is 9.84 Å². The van der Waals surface area contributed by atoms with Gasteiger partial charge in [-0.25, -0.2) is 8.42 Å². The first kappa shape index (κ1) is 17.9. The van der Waals surface area contributed by atoms with Crippen molar-refractivity contribution in [3.8, 4) is 0 Å². The van der Waals surface area contributed by atoms with E-state index in [1.54, 1.807) is 17.0 Å². The molecule has 0 aliphatic carbocycles. The van der Waals surface area contributed by atoms with Crippen LogP contribution >= 0.6 is 0 Å². The molecular weight excluding hydrogens is 340 g/mol. The van der Waals surface area contributed by atoms with E-state index >= 15 is 0 Å². The highest BCUT2D eigenvalue weighted by atomic mass is 32.2. The Kier molecular flexibility index (Phi) is 4.86. The molecule has 0 spiro atoms. The average molecular weight is 364 g/mol. The largest absolute Gasteiger partial charge is 0.338 e. The molecule has 0 aromatic heterocycles. The van der Waals surface area contributed by atoms with E-state index in [2.05, 4.69) is 6.92 Å². The third kappa shape index (κ3) is 3.56. The molecule has 3 saturated heterocycles. The summed E-state index contributed by atoms with van der Waals surface area (Å²) in [6.45, 7) is 3.79. The SMILES string of the molecule is CCCN1C(=O)[C@@H]2CC[C@H]1CN(C(=O)c1ccc(S(C)(=O)=O)cc1)C2. The second-order valence-corrected chi connectivity index (χ2v) is 8.98. The average Bonchev–Trinajstić information content (AvgIpc) is 2.86. The van der Waals surface area contributed by atoms with Crippen LogP contribution in [0.1, 0.15) is 36.5 Å². The lowest BCUT2D eigenvalue weighted by molar-refractivity contribution is -0.139. The fraction of sp³-hybridized carbons (Fsp3) is 0.556. The van der Waals surface area contributed by atoms with Crippen molar-refractivity contribution >= 4 is 21.7 Å². The summed E-state index contributed by atoms with van der Waals surface area (Å²) >= 11 is 0. The minimum absolute atomic E-state index is 0.0884. The summed E-state index contributed by atoms with van der Waals surface area (Å²) < 4.78 is 23.1. The van der Waals surface area contributed by atoms with Gasteiger partial charge in [-0.1, -0.05) is 6.92 Å². The van der Waals surface area contributed by atoms with Crippen LogP contribution in [-0.2, 0) is 14.6 Å². The van der Waals surface area contributed by atoms with Gasteiger partial charge in [0, 0.05) is 37.5 Å². The van der Waals surface area contributed by atoms with E-state index < -0.39 is 9.84 Å². The molecule has 0 unspecified atom stereocenters. The Bertz CT molecular complexity index is 773. The van der Waals surface area contributed by atoms with Gasteiger partial charge < -0.3 is 9.80 Å². The molecule has 4 rings (SSSR count). The van der Waals surface area contributed by atoms with E-state index in [-0.39, 0.29) is 28.7 Å². The van der Waals surface area contributed by atoms with Crippen molar-refractivity contribution in [1.82, 2.24) is 9.80 Å². The number of hydrogen-bond donors (Lipinski definition) is 0. The summed E-state index contributed by atoms with van der Waals surface area (Å²) in [4.78, 5) is 29.3. The van der Waals surface area contributed by atoms with E-state index in [0.717, 1.165) is 32.1 Å². The molecule has 3 aliphatic rings.